The van der Waals surface area contributed by atoms with E-state index in [4.69, 9.17) is 0 Å². The van der Waals surface area contributed by atoms with E-state index in [1.54, 1.807) is 13.8 Å². The van der Waals surface area contributed by atoms with Crippen LogP contribution < -0.4 is 0 Å². The van der Waals surface area contributed by atoms with E-state index in [1.165, 1.54) is 0 Å². The molecule has 0 aromatic carbocycles. The van der Waals surface area contributed by atoms with E-state index in [2.05, 4.69) is 13.8 Å². The molecule has 0 atom stereocenters. The van der Waals surface area contributed by atoms with Gasteiger partial charge in [0.2, 0.25) is 0 Å². The molecule has 29 valence electrons. The third-order valence-electron chi connectivity index (χ3n) is 0. The molecule has 5 heavy (non-hydrogen) atoms. The normalized spacial score (nSPS) is 2.40. The van der Waals surface area contributed by atoms with Crippen LogP contribution in [0, 0.1) is 13.8 Å². The van der Waals surface area contributed by atoms with Crippen molar-refractivity contribution in [3.63, 3.8) is 0 Å². The number of hydrogen-bond donors (Lipinski definition) is 0. The molecule has 0 saturated carbocycles. The maximum atomic E-state index is 3.25. The monoisotopic (exact) mass is 85.1 g/mol. The molecule has 0 N–H and O–H groups in total. The summed E-state index contributed by atoms with van der Waals surface area (Å²) in [6, 6.07) is 0. The van der Waals surface area contributed by atoms with Gasteiger partial charge >= 0.3 is 0 Å². The Morgan fingerprint density at radius 2 is 0.800 bits per heavy atom. The van der Waals surface area contributed by atoms with Gasteiger partial charge in [0, 0.05) is 17.4 Å². The van der Waals surface area contributed by atoms with Gasteiger partial charge in [-0.1, -0.05) is 27.7 Å². The van der Waals surface area contributed by atoms with Crippen molar-refractivity contribution in [1.82, 2.24) is 0 Å². The Morgan fingerprint density at radius 1 is 0.800 bits per heavy atom. The van der Waals surface area contributed by atoms with Crippen LogP contribution in [0.15, 0.2) is 0 Å². The third kappa shape index (κ3) is 103. The highest BCUT2D eigenvalue weighted by Gasteiger charge is 0.941. The standard InChI is InChI=1S/2C2H5.Al/c2*1-2;/h2*1H2,2H3;. The van der Waals surface area contributed by atoms with Crippen molar-refractivity contribution in [2.45, 2.75) is 13.8 Å². The van der Waals surface area contributed by atoms with Gasteiger partial charge in [-0.05, 0) is 0 Å². The Hall–Kier alpha value is 0.532. The smallest absolute Gasteiger partial charge is 0 e. The molecule has 0 amide bonds. The molecule has 1 heteroatoms. The van der Waals surface area contributed by atoms with Crippen LogP contribution in [-0.4, -0.2) is 17.4 Å². The molecule has 0 aliphatic rings. The first kappa shape index (κ1) is 17.7. The summed E-state index contributed by atoms with van der Waals surface area (Å²) < 4.78 is 0. The second-order valence-corrected chi connectivity index (χ2v) is 0. The lowest BCUT2D eigenvalue weighted by atomic mass is 11.0. The van der Waals surface area contributed by atoms with Gasteiger partial charge in [-0.2, -0.15) is 0 Å². The molecule has 0 fully saturated rings. The molecule has 0 aromatic rings. The SMILES string of the molecule is [Al].[CH2]C.[CH2]C. The lowest BCUT2D eigenvalue weighted by Gasteiger charge is -1.06. The van der Waals surface area contributed by atoms with Crippen molar-refractivity contribution in [3.8, 4) is 0 Å². The van der Waals surface area contributed by atoms with Gasteiger partial charge in [0.15, 0.2) is 0 Å². The minimum atomic E-state index is 0. The molecule has 0 saturated heterocycles. The quantitative estimate of drug-likeness (QED) is 0.389. The van der Waals surface area contributed by atoms with E-state index >= 15 is 0 Å². The van der Waals surface area contributed by atoms with Crippen LogP contribution in [0.4, 0.5) is 0 Å². The van der Waals surface area contributed by atoms with Crippen molar-refractivity contribution >= 4 is 17.4 Å². The van der Waals surface area contributed by atoms with Crippen LogP contribution in [-0.2, 0) is 0 Å². The zero-order valence-corrected chi connectivity index (χ0v) is 5.15. The van der Waals surface area contributed by atoms with Crippen LogP contribution in [0.5, 0.6) is 0 Å². The minimum Gasteiger partial charge on any atom is -0.0654 e. The first-order chi connectivity index (χ1) is 2.00. The fourth-order valence-electron chi connectivity index (χ4n) is 0. The third-order valence-corrected chi connectivity index (χ3v) is 0. The van der Waals surface area contributed by atoms with Gasteiger partial charge in [-0.25, -0.2) is 0 Å². The first-order valence-electron chi connectivity index (χ1n) is 1.41. The molecular formula is C4H10Al. The molecule has 0 aliphatic carbocycles. The first-order valence-corrected chi connectivity index (χ1v) is 1.41. The van der Waals surface area contributed by atoms with Gasteiger partial charge in [0.1, 0.15) is 0 Å². The molecule has 0 bridgehead atoms. The van der Waals surface area contributed by atoms with Crippen molar-refractivity contribution in [3.05, 3.63) is 13.8 Å². The van der Waals surface area contributed by atoms with Crippen LogP contribution >= 0.6 is 0 Å². The number of rotatable bonds is 0. The highest BCUT2D eigenvalue weighted by Crippen LogP contribution is 1.12. The van der Waals surface area contributed by atoms with E-state index in [-0.39, 0.29) is 17.4 Å². The lowest BCUT2D eigenvalue weighted by molar-refractivity contribution is 1.81. The van der Waals surface area contributed by atoms with Crippen LogP contribution in [0.2, 0.25) is 0 Å². The zero-order chi connectivity index (χ0) is 4.00. The summed E-state index contributed by atoms with van der Waals surface area (Å²) in [6.07, 6.45) is 0. The molecule has 0 aromatic heterocycles. The average molecular weight is 85.1 g/mol. The Balaban J connectivity index is -0.0000000133. The van der Waals surface area contributed by atoms with E-state index < -0.39 is 0 Å². The van der Waals surface area contributed by atoms with Crippen molar-refractivity contribution < 1.29 is 0 Å². The van der Waals surface area contributed by atoms with E-state index in [0.717, 1.165) is 0 Å². The van der Waals surface area contributed by atoms with Crippen LogP contribution in [0.1, 0.15) is 13.8 Å². The summed E-state index contributed by atoms with van der Waals surface area (Å²) in [5.41, 5.74) is 0. The summed E-state index contributed by atoms with van der Waals surface area (Å²) in [7, 11) is 0. The van der Waals surface area contributed by atoms with E-state index in [1.807, 2.05) is 0 Å². The van der Waals surface area contributed by atoms with E-state index in [0.29, 0.717) is 0 Å². The van der Waals surface area contributed by atoms with Crippen LogP contribution in [0.25, 0.3) is 0 Å². The topological polar surface area (TPSA) is 0 Å². The molecule has 0 nitrogen and oxygen atoms in total. The van der Waals surface area contributed by atoms with Gasteiger partial charge in [0.25, 0.3) is 0 Å². The fraction of sp³-hybridized carbons (Fsp3) is 0.500. The molecule has 0 rings (SSSR count). The van der Waals surface area contributed by atoms with Crippen molar-refractivity contribution in [2.24, 2.45) is 0 Å². The largest absolute Gasteiger partial charge is 0.0654 e. The van der Waals surface area contributed by atoms with Gasteiger partial charge < -0.3 is 0 Å². The second kappa shape index (κ2) is 199. The maximum Gasteiger partial charge on any atom is 0 e. The van der Waals surface area contributed by atoms with Crippen molar-refractivity contribution in [2.75, 3.05) is 0 Å². The molecule has 0 aliphatic heterocycles. The average Bonchev–Trinajstić information content (AvgIpc) is 1.50. The summed E-state index contributed by atoms with van der Waals surface area (Å²) in [6.45, 7) is 10.0. The van der Waals surface area contributed by atoms with E-state index in [9.17, 15) is 0 Å². The van der Waals surface area contributed by atoms with Crippen molar-refractivity contribution in [1.29, 1.82) is 0 Å². The molecule has 0 heterocycles. The van der Waals surface area contributed by atoms with Gasteiger partial charge in [0.05, 0.1) is 0 Å². The maximum absolute atomic E-state index is 3.25. The molecular weight excluding hydrogens is 75.0 g/mol. The minimum absolute atomic E-state index is 0. The predicted molar refractivity (Wildman–Crippen MR) is 27.8 cm³/mol. The summed E-state index contributed by atoms with van der Waals surface area (Å²) in [5, 5.41) is 0. The fourth-order valence-corrected chi connectivity index (χ4v) is 0. The van der Waals surface area contributed by atoms with Crippen LogP contribution in [0.3, 0.4) is 0 Å². The Morgan fingerprint density at radius 3 is 0.800 bits per heavy atom. The summed E-state index contributed by atoms with van der Waals surface area (Å²) in [5.74, 6) is 0. The highest BCUT2D eigenvalue weighted by molar-refractivity contribution is 5.75. The highest BCUT2D eigenvalue weighted by atomic mass is 27.0. The Labute approximate surface area is 45.7 Å². The second-order valence-electron chi connectivity index (χ2n) is 0. The zero-order valence-electron chi connectivity index (χ0n) is 3.99. The molecule has 5 radical (unpaired) electrons. The van der Waals surface area contributed by atoms with Gasteiger partial charge in [-0.15, -0.1) is 0 Å². The Kier molecular flexibility index (Phi) is 707. The molecule has 0 spiro atoms. The lowest BCUT2D eigenvalue weighted by Crippen LogP contribution is -0.888. The number of hydrogen-bond acceptors (Lipinski definition) is 0. The summed E-state index contributed by atoms with van der Waals surface area (Å²) in [4.78, 5) is 0. The van der Waals surface area contributed by atoms with Gasteiger partial charge in [-0.3, -0.25) is 0 Å². The Bertz CT molecular complexity index is 3.61. The molecule has 0 unspecified atom stereocenters. The summed E-state index contributed by atoms with van der Waals surface area (Å²) >= 11 is 0. The predicted octanol–water partition coefficient (Wildman–Crippen LogP) is 1.30.